The molecule has 0 bridgehead atoms. The number of aryl methyl sites for hydroxylation is 1. The first-order chi connectivity index (χ1) is 13.2. The van der Waals surface area contributed by atoms with Crippen molar-refractivity contribution in [2.45, 2.75) is 63.6 Å². The molecule has 27 heavy (non-hydrogen) atoms. The zero-order valence-electron chi connectivity index (χ0n) is 16.4. The van der Waals surface area contributed by atoms with Crippen molar-refractivity contribution in [1.82, 2.24) is 15.3 Å². The summed E-state index contributed by atoms with van der Waals surface area (Å²) in [7, 11) is 1.82. The number of nitrogens with one attached hydrogen (secondary N) is 1. The van der Waals surface area contributed by atoms with Crippen LogP contribution in [0.1, 0.15) is 44.1 Å². The first-order valence-corrected chi connectivity index (χ1v) is 10.1. The molecular weight excluding hydrogens is 340 g/mol. The van der Waals surface area contributed by atoms with Crippen LogP contribution in [0.15, 0.2) is 29.1 Å². The molecule has 2 atom stereocenters. The molecule has 1 saturated heterocycles. The summed E-state index contributed by atoms with van der Waals surface area (Å²) in [6, 6.07) is 3.15. The van der Waals surface area contributed by atoms with Gasteiger partial charge in [0.25, 0.3) is 0 Å². The molecule has 6 nitrogen and oxygen atoms in total. The van der Waals surface area contributed by atoms with Crippen LogP contribution < -0.4 is 10.2 Å². The molecule has 6 heteroatoms. The van der Waals surface area contributed by atoms with Crippen molar-refractivity contribution in [1.29, 1.82) is 0 Å². The van der Waals surface area contributed by atoms with Gasteiger partial charge in [0.05, 0.1) is 17.9 Å². The molecule has 2 aliphatic rings. The van der Waals surface area contributed by atoms with Gasteiger partial charge in [-0.1, -0.05) is 19.3 Å². The van der Waals surface area contributed by atoms with Crippen molar-refractivity contribution in [2.24, 2.45) is 0 Å². The van der Waals surface area contributed by atoms with Gasteiger partial charge in [-0.05, 0) is 37.8 Å². The fourth-order valence-electron chi connectivity index (χ4n) is 4.44. The molecule has 1 aliphatic heterocycles. The number of methoxy groups -OCH3 is 1. The van der Waals surface area contributed by atoms with E-state index in [0.29, 0.717) is 18.0 Å². The third kappa shape index (κ3) is 4.17. The highest BCUT2D eigenvalue weighted by Gasteiger charge is 2.33. The number of anilines is 1. The summed E-state index contributed by atoms with van der Waals surface area (Å²) in [5.41, 5.74) is 2.05. The number of pyridine rings is 1. The first kappa shape index (κ1) is 18.4. The minimum Gasteiger partial charge on any atom is -0.444 e. The minimum atomic E-state index is 0.154. The lowest BCUT2D eigenvalue weighted by Crippen LogP contribution is -2.56. The number of piperidine rings is 1. The van der Waals surface area contributed by atoms with Crippen molar-refractivity contribution in [3.05, 3.63) is 30.3 Å². The van der Waals surface area contributed by atoms with Crippen molar-refractivity contribution in [2.75, 3.05) is 25.1 Å². The van der Waals surface area contributed by atoms with Gasteiger partial charge in [-0.15, -0.1) is 0 Å². The minimum absolute atomic E-state index is 0.154. The molecule has 0 spiro atoms. The second kappa shape index (κ2) is 8.40. The van der Waals surface area contributed by atoms with E-state index < -0.39 is 0 Å². The zero-order chi connectivity index (χ0) is 18.6. The van der Waals surface area contributed by atoms with E-state index in [2.05, 4.69) is 21.3 Å². The Morgan fingerprint density at radius 3 is 2.78 bits per heavy atom. The topological polar surface area (TPSA) is 63.4 Å². The van der Waals surface area contributed by atoms with Gasteiger partial charge in [0.2, 0.25) is 5.89 Å². The molecule has 2 fully saturated rings. The van der Waals surface area contributed by atoms with Gasteiger partial charge in [-0.3, -0.25) is 0 Å². The van der Waals surface area contributed by atoms with Gasteiger partial charge in [-0.2, -0.15) is 0 Å². The predicted octanol–water partition coefficient (Wildman–Crippen LogP) is 3.56. The van der Waals surface area contributed by atoms with Crippen LogP contribution in [0.3, 0.4) is 0 Å². The molecule has 2 aromatic heterocycles. The van der Waals surface area contributed by atoms with E-state index in [1.807, 2.05) is 20.2 Å². The summed E-state index contributed by atoms with van der Waals surface area (Å²) in [6.45, 7) is 3.82. The number of oxazole rings is 1. The fourth-order valence-corrected chi connectivity index (χ4v) is 4.44. The molecule has 4 rings (SSSR count). The van der Waals surface area contributed by atoms with Crippen molar-refractivity contribution in [3.8, 4) is 11.5 Å². The Morgan fingerprint density at radius 1 is 1.19 bits per heavy atom. The van der Waals surface area contributed by atoms with Gasteiger partial charge in [-0.25, -0.2) is 9.97 Å². The van der Waals surface area contributed by atoms with Crippen LogP contribution in [0.25, 0.3) is 11.5 Å². The second-order valence-corrected chi connectivity index (χ2v) is 7.84. The molecular formula is C21H30N4O2. The summed E-state index contributed by atoms with van der Waals surface area (Å²) in [4.78, 5) is 11.4. The van der Waals surface area contributed by atoms with Crippen LogP contribution >= 0.6 is 0 Å². The molecule has 0 radical (unpaired) electrons. The van der Waals surface area contributed by atoms with E-state index in [1.165, 1.54) is 32.1 Å². The maximum atomic E-state index is 5.88. The van der Waals surface area contributed by atoms with E-state index in [9.17, 15) is 0 Å². The summed E-state index contributed by atoms with van der Waals surface area (Å²) in [5, 5.41) is 3.88. The summed E-state index contributed by atoms with van der Waals surface area (Å²) < 4.78 is 11.4. The van der Waals surface area contributed by atoms with Crippen LogP contribution in [-0.2, 0) is 4.74 Å². The average Bonchev–Trinajstić information content (AvgIpc) is 3.24. The van der Waals surface area contributed by atoms with E-state index in [1.54, 1.807) is 12.5 Å². The van der Waals surface area contributed by atoms with Crippen molar-refractivity contribution >= 4 is 5.82 Å². The lowest BCUT2D eigenvalue weighted by Gasteiger charge is -2.41. The number of ether oxygens (including phenoxy) is 1. The third-order valence-corrected chi connectivity index (χ3v) is 5.88. The zero-order valence-corrected chi connectivity index (χ0v) is 16.4. The molecule has 1 N–H and O–H groups in total. The largest absolute Gasteiger partial charge is 0.444 e. The summed E-state index contributed by atoms with van der Waals surface area (Å²) in [5.74, 6) is 1.55. The molecule has 1 saturated carbocycles. The summed E-state index contributed by atoms with van der Waals surface area (Å²) in [6.07, 6.45) is 13.1. The van der Waals surface area contributed by atoms with Gasteiger partial charge in [0, 0.05) is 38.5 Å². The first-order valence-electron chi connectivity index (χ1n) is 10.1. The van der Waals surface area contributed by atoms with Gasteiger partial charge < -0.3 is 19.4 Å². The molecule has 3 heterocycles. The standard InChI is InChI=1S/C21H30N4O2/c1-15-12-17(21-22-9-11-27-21)20(23-13-15)25-10-8-18(19(14-25)26-2)24-16-6-4-3-5-7-16/h9,11-13,16,18-19,24H,3-8,10,14H2,1-2H3. The Morgan fingerprint density at radius 2 is 2.04 bits per heavy atom. The Bertz CT molecular complexity index is 728. The maximum Gasteiger partial charge on any atom is 0.229 e. The SMILES string of the molecule is COC1CN(c2ncc(C)cc2-c2ncco2)CCC1NC1CCCCC1. The normalized spacial score (nSPS) is 24.3. The van der Waals surface area contributed by atoms with Crippen LogP contribution in [0.2, 0.25) is 0 Å². The maximum absolute atomic E-state index is 5.88. The molecule has 1 aliphatic carbocycles. The Hall–Kier alpha value is -1.92. The van der Waals surface area contributed by atoms with E-state index in [0.717, 1.165) is 36.5 Å². The Kier molecular flexibility index (Phi) is 5.74. The highest BCUT2D eigenvalue weighted by atomic mass is 16.5. The number of aromatic nitrogens is 2. The highest BCUT2D eigenvalue weighted by molar-refractivity contribution is 5.70. The van der Waals surface area contributed by atoms with Gasteiger partial charge in [0.15, 0.2) is 0 Å². The molecule has 146 valence electrons. The fraction of sp³-hybridized carbons (Fsp3) is 0.619. The van der Waals surface area contributed by atoms with E-state index in [-0.39, 0.29) is 6.10 Å². The predicted molar refractivity (Wildman–Crippen MR) is 106 cm³/mol. The van der Waals surface area contributed by atoms with Crippen molar-refractivity contribution in [3.63, 3.8) is 0 Å². The molecule has 0 amide bonds. The van der Waals surface area contributed by atoms with E-state index in [4.69, 9.17) is 14.1 Å². The van der Waals surface area contributed by atoms with Gasteiger partial charge in [0.1, 0.15) is 12.1 Å². The smallest absolute Gasteiger partial charge is 0.229 e. The Balaban J connectivity index is 1.50. The monoisotopic (exact) mass is 370 g/mol. The Labute approximate surface area is 161 Å². The number of nitrogens with zero attached hydrogens (tertiary/aromatic N) is 3. The number of hydrogen-bond donors (Lipinski definition) is 1. The van der Waals surface area contributed by atoms with Gasteiger partial charge >= 0.3 is 0 Å². The van der Waals surface area contributed by atoms with E-state index >= 15 is 0 Å². The third-order valence-electron chi connectivity index (χ3n) is 5.88. The van der Waals surface area contributed by atoms with Crippen LogP contribution in [-0.4, -0.2) is 48.4 Å². The second-order valence-electron chi connectivity index (χ2n) is 7.84. The highest BCUT2D eigenvalue weighted by Crippen LogP contribution is 2.31. The molecule has 2 unspecified atom stereocenters. The van der Waals surface area contributed by atoms with Crippen molar-refractivity contribution < 1.29 is 9.15 Å². The lowest BCUT2D eigenvalue weighted by atomic mass is 9.92. The lowest BCUT2D eigenvalue weighted by molar-refractivity contribution is 0.0534. The molecule has 0 aromatic carbocycles. The van der Waals surface area contributed by atoms with Crippen LogP contribution in [0.5, 0.6) is 0 Å². The summed E-state index contributed by atoms with van der Waals surface area (Å²) >= 11 is 0. The average molecular weight is 370 g/mol. The number of rotatable bonds is 5. The molecule has 2 aromatic rings. The van der Waals surface area contributed by atoms with Crippen LogP contribution in [0, 0.1) is 6.92 Å². The quantitative estimate of drug-likeness (QED) is 0.868. The number of hydrogen-bond acceptors (Lipinski definition) is 6. The van der Waals surface area contributed by atoms with Crippen LogP contribution in [0.4, 0.5) is 5.82 Å².